The van der Waals surface area contributed by atoms with E-state index in [0.717, 1.165) is 29.2 Å². The van der Waals surface area contributed by atoms with Gasteiger partial charge in [-0.15, -0.1) is 0 Å². The topological polar surface area (TPSA) is 12.6 Å². The molecule has 0 amide bonds. The van der Waals surface area contributed by atoms with E-state index < -0.39 is 0 Å². The first-order valence-electron chi connectivity index (χ1n) is 24.3. The fraction of sp³-hybridized carbons (Fsp3) is 0.0149. The summed E-state index contributed by atoms with van der Waals surface area (Å²) in [7, 11) is 0. The molecule has 0 fully saturated rings. The molecule has 3 heteroatoms. The van der Waals surface area contributed by atoms with Crippen LogP contribution in [0.1, 0.15) is 11.1 Å². The molecule has 1 aliphatic carbocycles. The Bertz CT molecular complexity index is 4350. The van der Waals surface area contributed by atoms with Crippen LogP contribution in [-0.4, -0.2) is 8.97 Å². The number of benzene rings is 11. The highest BCUT2D eigenvalue weighted by atomic mass is 15.1. The third-order valence-corrected chi connectivity index (χ3v) is 15.1. The van der Waals surface area contributed by atoms with Gasteiger partial charge in [-0.1, -0.05) is 182 Å². The highest BCUT2D eigenvalue weighted by Crippen LogP contribution is 2.47. The molecule has 0 N–H and O–H groups in total. The van der Waals surface area contributed by atoms with Crippen molar-refractivity contribution in [1.29, 1.82) is 0 Å². The first-order valence-corrected chi connectivity index (χ1v) is 24.3. The summed E-state index contributed by atoms with van der Waals surface area (Å²) in [6.07, 6.45) is 0.875. The van der Waals surface area contributed by atoms with E-state index in [1.54, 1.807) is 0 Å². The van der Waals surface area contributed by atoms with Gasteiger partial charge in [0.1, 0.15) is 0 Å². The molecule has 1 aliphatic rings. The van der Waals surface area contributed by atoms with Gasteiger partial charge in [-0.25, -0.2) is 0 Å². The van der Waals surface area contributed by atoms with Crippen LogP contribution in [0.4, 0.5) is 17.1 Å². The number of fused-ring (bicyclic) bond motifs is 12. The molecule has 0 saturated heterocycles. The zero-order chi connectivity index (χ0) is 45.9. The van der Waals surface area contributed by atoms with Crippen molar-refractivity contribution in [1.82, 2.24) is 8.97 Å². The quantitative estimate of drug-likeness (QED) is 0.155. The zero-order valence-corrected chi connectivity index (χ0v) is 38.2. The van der Waals surface area contributed by atoms with Gasteiger partial charge in [0, 0.05) is 60.6 Å². The van der Waals surface area contributed by atoms with E-state index in [1.165, 1.54) is 116 Å². The van der Waals surface area contributed by atoms with Gasteiger partial charge in [0.05, 0.1) is 27.6 Å². The van der Waals surface area contributed by atoms with Crippen molar-refractivity contribution >= 4 is 77.0 Å². The van der Waals surface area contributed by atoms with Crippen LogP contribution in [0.2, 0.25) is 0 Å². The number of hydrogen-bond donors (Lipinski definition) is 0. The summed E-state index contributed by atoms with van der Waals surface area (Å²) >= 11 is 0. The minimum atomic E-state index is 0.875. The van der Waals surface area contributed by atoms with Crippen molar-refractivity contribution in [3.63, 3.8) is 0 Å². The molecule has 0 spiro atoms. The Hall–Kier alpha value is -9.18. The van der Waals surface area contributed by atoms with Gasteiger partial charge < -0.3 is 13.9 Å². The molecule has 0 aliphatic heterocycles. The Balaban J connectivity index is 0.812. The van der Waals surface area contributed by atoms with Crippen LogP contribution in [0.3, 0.4) is 0 Å². The minimum Gasteiger partial charge on any atom is -0.310 e. The molecule has 0 atom stereocenters. The average Bonchev–Trinajstić information content (AvgIpc) is 4.17. The lowest BCUT2D eigenvalue weighted by Crippen LogP contribution is -2.10. The summed E-state index contributed by atoms with van der Waals surface area (Å²) in [4.78, 5) is 2.41. The van der Waals surface area contributed by atoms with E-state index in [-0.39, 0.29) is 0 Å². The molecule has 3 heterocycles. The largest absolute Gasteiger partial charge is 0.310 e. The van der Waals surface area contributed by atoms with Crippen LogP contribution in [-0.2, 0) is 6.42 Å². The van der Waals surface area contributed by atoms with Crippen molar-refractivity contribution in [2.24, 2.45) is 0 Å². The van der Waals surface area contributed by atoms with Crippen molar-refractivity contribution in [3.05, 3.63) is 260 Å². The van der Waals surface area contributed by atoms with Crippen LogP contribution in [0, 0.1) is 0 Å². The molecule has 70 heavy (non-hydrogen) atoms. The molecule has 326 valence electrons. The number of anilines is 3. The van der Waals surface area contributed by atoms with E-state index in [2.05, 4.69) is 263 Å². The van der Waals surface area contributed by atoms with Crippen LogP contribution >= 0.6 is 0 Å². The van der Waals surface area contributed by atoms with E-state index in [1.807, 2.05) is 0 Å². The van der Waals surface area contributed by atoms with Gasteiger partial charge >= 0.3 is 0 Å². The summed E-state index contributed by atoms with van der Waals surface area (Å²) in [6.45, 7) is 0. The second-order valence-corrected chi connectivity index (χ2v) is 18.9. The number of rotatable bonds is 7. The summed E-state index contributed by atoms with van der Waals surface area (Å²) < 4.78 is 4.90. The predicted octanol–water partition coefficient (Wildman–Crippen LogP) is 18.0. The monoisotopic (exact) mass is 889 g/mol. The molecule has 0 unspecified atom stereocenters. The van der Waals surface area contributed by atoms with Crippen LogP contribution in [0.25, 0.3) is 110 Å². The lowest BCUT2D eigenvalue weighted by atomic mass is 9.97. The first-order chi connectivity index (χ1) is 34.7. The lowest BCUT2D eigenvalue weighted by molar-refractivity contribution is 1.18. The number of nitrogens with zero attached hydrogens (tertiary/aromatic N) is 3. The molecule has 11 aromatic carbocycles. The number of aromatic nitrogens is 2. The van der Waals surface area contributed by atoms with Gasteiger partial charge in [-0.05, 0) is 123 Å². The fourth-order valence-corrected chi connectivity index (χ4v) is 11.9. The first kappa shape index (κ1) is 38.9. The van der Waals surface area contributed by atoms with Crippen molar-refractivity contribution in [2.45, 2.75) is 6.42 Å². The van der Waals surface area contributed by atoms with Crippen LogP contribution < -0.4 is 4.90 Å². The van der Waals surface area contributed by atoms with Gasteiger partial charge in [-0.2, -0.15) is 0 Å². The lowest BCUT2D eigenvalue weighted by Gasteiger charge is -2.26. The number of hydrogen-bond acceptors (Lipinski definition) is 1. The normalized spacial score (nSPS) is 12.2. The summed E-state index contributed by atoms with van der Waals surface area (Å²) in [5.41, 5.74) is 23.4. The smallest absolute Gasteiger partial charge is 0.0620 e. The van der Waals surface area contributed by atoms with Gasteiger partial charge in [-0.3, -0.25) is 0 Å². The summed E-state index contributed by atoms with van der Waals surface area (Å²) in [5.74, 6) is 0. The number of para-hydroxylation sites is 5. The molecule has 0 bridgehead atoms. The minimum absolute atomic E-state index is 0.875. The molecule has 14 aromatic rings. The molecule has 3 nitrogen and oxygen atoms in total. The zero-order valence-electron chi connectivity index (χ0n) is 38.2. The van der Waals surface area contributed by atoms with E-state index >= 15 is 0 Å². The Labute approximate surface area is 405 Å². The Kier molecular flexibility index (Phi) is 8.42. The van der Waals surface area contributed by atoms with Crippen molar-refractivity contribution in [3.8, 4) is 50.2 Å². The maximum absolute atomic E-state index is 2.51. The highest BCUT2D eigenvalue weighted by molar-refractivity contribution is 6.25. The standard InChI is InChI=1S/C67H43N3/c1-3-13-43(14-4-1)44-25-31-51(32-26-44)68(52-33-27-45(28-34-52)46-29-37-59-57-17-7-9-23-63(57)69(65(59)42-46)50-15-5-2-6-16-50)53-35-38-55-49(41-53)40-48-39-47(30-36-54(48)55)56-19-11-21-61-62-22-12-20-60-58-18-8-10-24-64(58)70(66(56)61)67(60)62/h1-39,41-42H,40H2. The van der Waals surface area contributed by atoms with E-state index in [9.17, 15) is 0 Å². The van der Waals surface area contributed by atoms with Gasteiger partial charge in [0.2, 0.25) is 0 Å². The summed E-state index contributed by atoms with van der Waals surface area (Å²) in [6, 6.07) is 91.8. The highest BCUT2D eigenvalue weighted by Gasteiger charge is 2.24. The van der Waals surface area contributed by atoms with Crippen LogP contribution in [0.5, 0.6) is 0 Å². The third-order valence-electron chi connectivity index (χ3n) is 15.1. The molecule has 15 rings (SSSR count). The molecule has 0 saturated carbocycles. The van der Waals surface area contributed by atoms with Crippen molar-refractivity contribution in [2.75, 3.05) is 4.90 Å². The van der Waals surface area contributed by atoms with E-state index in [0.29, 0.717) is 0 Å². The third kappa shape index (κ3) is 5.82. The Morgan fingerprint density at radius 1 is 0.286 bits per heavy atom. The second kappa shape index (κ2) is 15.2. The maximum atomic E-state index is 2.51. The summed E-state index contributed by atoms with van der Waals surface area (Å²) in [5, 5.41) is 7.75. The van der Waals surface area contributed by atoms with Gasteiger partial charge in [0.15, 0.2) is 0 Å². The second-order valence-electron chi connectivity index (χ2n) is 18.9. The van der Waals surface area contributed by atoms with Crippen LogP contribution in [0.15, 0.2) is 249 Å². The Morgan fingerprint density at radius 2 is 0.786 bits per heavy atom. The average molecular weight is 890 g/mol. The molecule has 0 radical (unpaired) electrons. The SMILES string of the molecule is c1ccc(-c2ccc(N(c3ccc(-c4ccc5c6ccccc6n(-c6ccccc6)c5c4)cc3)c3ccc4c(c3)Cc3cc(-c5cccc6c7cccc8c9ccccc9n(c56)c87)ccc3-4)cc2)cc1. The van der Waals surface area contributed by atoms with Crippen molar-refractivity contribution < 1.29 is 0 Å². The Morgan fingerprint density at radius 3 is 1.53 bits per heavy atom. The molecular weight excluding hydrogens is 847 g/mol. The molecular formula is C67H43N3. The van der Waals surface area contributed by atoms with Gasteiger partial charge in [0.25, 0.3) is 0 Å². The molecule has 3 aromatic heterocycles. The maximum Gasteiger partial charge on any atom is 0.0620 e. The fourth-order valence-electron chi connectivity index (χ4n) is 11.9. The van der Waals surface area contributed by atoms with E-state index in [4.69, 9.17) is 0 Å². The predicted molar refractivity (Wildman–Crippen MR) is 295 cm³/mol.